The minimum atomic E-state index is -0.402. The number of unbranched alkanes of at least 4 members (excludes halogenated alkanes) is 2. The number of hydrogen-bond acceptors (Lipinski definition) is 6. The average Bonchev–Trinajstić information content (AvgIpc) is 3.26. The summed E-state index contributed by atoms with van der Waals surface area (Å²) >= 11 is 1.66. The predicted octanol–water partition coefficient (Wildman–Crippen LogP) is 4.32. The van der Waals surface area contributed by atoms with Crippen LogP contribution in [-0.2, 0) is 6.54 Å². The monoisotopic (exact) mass is 422 g/mol. The van der Waals surface area contributed by atoms with Crippen LogP contribution in [-0.4, -0.2) is 25.9 Å². The number of thioether (sulfide) groups is 1. The van der Waals surface area contributed by atoms with Crippen LogP contribution >= 0.6 is 11.8 Å². The van der Waals surface area contributed by atoms with Crippen LogP contribution in [0, 0.1) is 0 Å². The van der Waals surface area contributed by atoms with E-state index in [2.05, 4.69) is 22.0 Å². The van der Waals surface area contributed by atoms with E-state index < -0.39 is 5.69 Å². The number of rotatable bonds is 7. The van der Waals surface area contributed by atoms with Gasteiger partial charge in [-0.25, -0.2) is 4.79 Å². The minimum Gasteiger partial charge on any atom is -0.334 e. The highest BCUT2D eigenvalue weighted by molar-refractivity contribution is 7.98. The van der Waals surface area contributed by atoms with Crippen LogP contribution in [0.5, 0.6) is 0 Å². The first kappa shape index (κ1) is 20.2. The molecule has 154 valence electrons. The standard InChI is InChI=1S/C22H22N4O3S/c1-3-4-5-12-26-21(27)17-11-8-15(13-18(17)23-22(26)28)20-24-19(25-29-20)14-6-9-16(30-2)10-7-14/h6-11,13H,3-5,12H2,1-2H3,(H,23,28). The third-order valence-electron chi connectivity index (χ3n) is 4.99. The van der Waals surface area contributed by atoms with Crippen molar-refractivity contribution in [3.8, 4) is 22.8 Å². The molecule has 2 aromatic heterocycles. The van der Waals surface area contributed by atoms with Gasteiger partial charge in [-0.2, -0.15) is 4.98 Å². The van der Waals surface area contributed by atoms with E-state index in [1.165, 1.54) is 4.57 Å². The fraction of sp³-hybridized carbons (Fsp3) is 0.273. The molecule has 0 amide bonds. The van der Waals surface area contributed by atoms with Crippen molar-refractivity contribution < 1.29 is 4.52 Å². The maximum Gasteiger partial charge on any atom is 0.328 e. The molecule has 8 heteroatoms. The number of H-pyrrole nitrogens is 1. The number of aromatic nitrogens is 4. The Balaban J connectivity index is 1.67. The normalized spacial score (nSPS) is 11.3. The van der Waals surface area contributed by atoms with Gasteiger partial charge in [0.15, 0.2) is 0 Å². The second-order valence-electron chi connectivity index (χ2n) is 7.01. The molecule has 0 saturated carbocycles. The summed E-state index contributed by atoms with van der Waals surface area (Å²) in [5.74, 6) is 0.811. The van der Waals surface area contributed by atoms with Gasteiger partial charge in [0.25, 0.3) is 11.4 Å². The molecular weight excluding hydrogens is 400 g/mol. The van der Waals surface area contributed by atoms with Crippen LogP contribution in [0.1, 0.15) is 26.2 Å². The van der Waals surface area contributed by atoms with Gasteiger partial charge in [-0.3, -0.25) is 9.36 Å². The fourth-order valence-corrected chi connectivity index (χ4v) is 3.72. The van der Waals surface area contributed by atoms with E-state index >= 15 is 0 Å². The summed E-state index contributed by atoms with van der Waals surface area (Å²) in [5.41, 5.74) is 1.27. The zero-order valence-electron chi connectivity index (χ0n) is 16.8. The van der Waals surface area contributed by atoms with Gasteiger partial charge in [0, 0.05) is 22.6 Å². The summed E-state index contributed by atoms with van der Waals surface area (Å²) in [6.45, 7) is 2.50. The van der Waals surface area contributed by atoms with Gasteiger partial charge in [0.05, 0.1) is 10.9 Å². The lowest BCUT2D eigenvalue weighted by atomic mass is 10.1. The van der Waals surface area contributed by atoms with Crippen molar-refractivity contribution in [1.29, 1.82) is 0 Å². The Labute approximate surface area is 177 Å². The van der Waals surface area contributed by atoms with Gasteiger partial charge in [-0.1, -0.05) is 24.9 Å². The lowest BCUT2D eigenvalue weighted by molar-refractivity contribution is 0.432. The second kappa shape index (κ2) is 8.71. The molecular formula is C22H22N4O3S. The van der Waals surface area contributed by atoms with E-state index in [-0.39, 0.29) is 5.56 Å². The van der Waals surface area contributed by atoms with Crippen LogP contribution in [0.2, 0.25) is 0 Å². The highest BCUT2D eigenvalue weighted by Gasteiger charge is 2.13. The van der Waals surface area contributed by atoms with E-state index in [9.17, 15) is 9.59 Å². The molecule has 2 heterocycles. The zero-order valence-corrected chi connectivity index (χ0v) is 17.7. The van der Waals surface area contributed by atoms with E-state index in [1.54, 1.807) is 30.0 Å². The molecule has 0 aliphatic rings. The third kappa shape index (κ3) is 3.95. The first-order valence-electron chi connectivity index (χ1n) is 9.86. The average molecular weight is 423 g/mol. The summed E-state index contributed by atoms with van der Waals surface area (Å²) in [6, 6.07) is 13.0. The van der Waals surface area contributed by atoms with E-state index in [0.717, 1.165) is 29.7 Å². The number of aromatic amines is 1. The van der Waals surface area contributed by atoms with Gasteiger partial charge in [0.2, 0.25) is 5.82 Å². The number of nitrogens with zero attached hydrogens (tertiary/aromatic N) is 3. The molecule has 0 radical (unpaired) electrons. The molecule has 30 heavy (non-hydrogen) atoms. The van der Waals surface area contributed by atoms with Crippen LogP contribution in [0.4, 0.5) is 0 Å². The summed E-state index contributed by atoms with van der Waals surface area (Å²) in [4.78, 5) is 33.5. The molecule has 0 unspecified atom stereocenters. The molecule has 0 aliphatic carbocycles. The van der Waals surface area contributed by atoms with Crippen molar-refractivity contribution in [2.75, 3.05) is 6.26 Å². The molecule has 0 bridgehead atoms. The van der Waals surface area contributed by atoms with Gasteiger partial charge in [-0.15, -0.1) is 11.8 Å². The molecule has 4 aromatic rings. The first-order valence-corrected chi connectivity index (χ1v) is 11.1. The van der Waals surface area contributed by atoms with E-state index in [4.69, 9.17) is 4.52 Å². The maximum atomic E-state index is 12.7. The Bertz CT molecular complexity index is 1290. The summed E-state index contributed by atoms with van der Waals surface area (Å²) in [6.07, 6.45) is 4.82. The van der Waals surface area contributed by atoms with Crippen LogP contribution in [0.25, 0.3) is 33.7 Å². The molecule has 0 atom stereocenters. The summed E-state index contributed by atoms with van der Waals surface area (Å²) in [7, 11) is 0. The van der Waals surface area contributed by atoms with E-state index in [1.807, 2.05) is 30.5 Å². The zero-order chi connectivity index (χ0) is 21.1. The van der Waals surface area contributed by atoms with E-state index in [0.29, 0.717) is 34.7 Å². The summed E-state index contributed by atoms with van der Waals surface area (Å²) < 4.78 is 6.68. The smallest absolute Gasteiger partial charge is 0.328 e. The van der Waals surface area contributed by atoms with Gasteiger partial charge in [0.1, 0.15) is 0 Å². The van der Waals surface area contributed by atoms with Crippen molar-refractivity contribution in [1.82, 2.24) is 19.7 Å². The maximum absolute atomic E-state index is 12.7. The van der Waals surface area contributed by atoms with Crippen LogP contribution < -0.4 is 11.2 Å². The summed E-state index contributed by atoms with van der Waals surface area (Å²) in [5, 5.41) is 4.52. The first-order chi connectivity index (χ1) is 14.6. The Morgan fingerprint density at radius 2 is 1.83 bits per heavy atom. The lowest BCUT2D eigenvalue weighted by Crippen LogP contribution is -2.35. The molecule has 4 rings (SSSR count). The number of hydrogen-bond donors (Lipinski definition) is 1. The molecule has 2 aromatic carbocycles. The Morgan fingerprint density at radius 1 is 1.07 bits per heavy atom. The third-order valence-corrected chi connectivity index (χ3v) is 5.73. The van der Waals surface area contributed by atoms with Crippen molar-refractivity contribution in [3.05, 3.63) is 63.3 Å². The van der Waals surface area contributed by atoms with Crippen LogP contribution in [0.15, 0.2) is 61.5 Å². The number of fused-ring (bicyclic) bond motifs is 1. The number of nitrogens with one attached hydrogen (secondary N) is 1. The fourth-order valence-electron chi connectivity index (χ4n) is 3.31. The topological polar surface area (TPSA) is 93.8 Å². The minimum absolute atomic E-state index is 0.281. The van der Waals surface area contributed by atoms with Crippen molar-refractivity contribution >= 4 is 22.7 Å². The molecule has 0 aliphatic heterocycles. The quantitative estimate of drug-likeness (QED) is 0.352. The Hall–Kier alpha value is -3.13. The molecule has 0 spiro atoms. The second-order valence-corrected chi connectivity index (χ2v) is 7.89. The van der Waals surface area contributed by atoms with Crippen LogP contribution in [0.3, 0.4) is 0 Å². The Morgan fingerprint density at radius 3 is 2.57 bits per heavy atom. The van der Waals surface area contributed by atoms with Crippen molar-refractivity contribution in [2.24, 2.45) is 0 Å². The van der Waals surface area contributed by atoms with Crippen molar-refractivity contribution in [2.45, 2.75) is 37.6 Å². The largest absolute Gasteiger partial charge is 0.334 e. The van der Waals surface area contributed by atoms with Gasteiger partial charge in [-0.05, 0) is 55.1 Å². The highest BCUT2D eigenvalue weighted by atomic mass is 32.2. The van der Waals surface area contributed by atoms with Gasteiger partial charge < -0.3 is 9.51 Å². The SMILES string of the molecule is CCCCCn1c(=O)[nH]c2cc(-c3nc(-c4ccc(SC)cc4)no3)ccc2c1=O. The Kier molecular flexibility index (Phi) is 5.85. The highest BCUT2D eigenvalue weighted by Crippen LogP contribution is 2.25. The molecule has 0 fully saturated rings. The van der Waals surface area contributed by atoms with Crippen molar-refractivity contribution in [3.63, 3.8) is 0 Å². The number of benzene rings is 2. The predicted molar refractivity (Wildman–Crippen MR) is 119 cm³/mol. The molecule has 1 N–H and O–H groups in total. The molecule has 7 nitrogen and oxygen atoms in total. The lowest BCUT2D eigenvalue weighted by Gasteiger charge is -2.06. The molecule has 0 saturated heterocycles. The van der Waals surface area contributed by atoms with Gasteiger partial charge >= 0.3 is 5.69 Å².